The SMILES string of the molecule is C=CC(=O)N1CC=C(c2cc(C#N)c(N3CCN(C(=O)C4CC4)[C@H](C)C3)nc2C2CC2)CC1. The summed E-state index contributed by atoms with van der Waals surface area (Å²) in [6.07, 6.45) is 8.50. The van der Waals surface area contributed by atoms with Gasteiger partial charge in [0.2, 0.25) is 11.8 Å². The minimum atomic E-state index is -0.0488. The van der Waals surface area contributed by atoms with Crippen molar-refractivity contribution in [2.45, 2.75) is 51.0 Å². The van der Waals surface area contributed by atoms with E-state index < -0.39 is 0 Å². The van der Waals surface area contributed by atoms with E-state index in [2.05, 4.69) is 30.5 Å². The molecular formula is C26H31N5O2. The van der Waals surface area contributed by atoms with E-state index in [1.54, 1.807) is 4.90 Å². The van der Waals surface area contributed by atoms with Gasteiger partial charge in [0, 0.05) is 56.2 Å². The van der Waals surface area contributed by atoms with Crippen LogP contribution in [0.4, 0.5) is 5.82 Å². The molecular weight excluding hydrogens is 414 g/mol. The summed E-state index contributed by atoms with van der Waals surface area (Å²) in [5.41, 5.74) is 3.92. The lowest BCUT2D eigenvalue weighted by molar-refractivity contribution is -0.135. The molecule has 5 rings (SSSR count). The molecule has 1 atom stereocenters. The minimum absolute atomic E-state index is 0.0488. The van der Waals surface area contributed by atoms with Crippen LogP contribution in [0.1, 0.15) is 61.8 Å². The average molecular weight is 446 g/mol. The number of nitriles is 1. The third kappa shape index (κ3) is 4.27. The fourth-order valence-electron chi connectivity index (χ4n) is 5.05. The molecule has 0 unspecified atom stereocenters. The predicted octanol–water partition coefficient (Wildman–Crippen LogP) is 3.08. The van der Waals surface area contributed by atoms with E-state index in [4.69, 9.17) is 4.98 Å². The number of hydrogen-bond donors (Lipinski definition) is 0. The molecule has 4 aliphatic rings. The topological polar surface area (TPSA) is 80.5 Å². The van der Waals surface area contributed by atoms with E-state index in [9.17, 15) is 14.9 Å². The van der Waals surface area contributed by atoms with Crippen LogP contribution in [0.5, 0.6) is 0 Å². The van der Waals surface area contributed by atoms with Crippen LogP contribution in [0, 0.1) is 17.2 Å². The van der Waals surface area contributed by atoms with Gasteiger partial charge >= 0.3 is 0 Å². The van der Waals surface area contributed by atoms with Crippen molar-refractivity contribution in [2.75, 3.05) is 37.6 Å². The van der Waals surface area contributed by atoms with Crippen LogP contribution in [-0.4, -0.2) is 65.4 Å². The first-order valence-corrected chi connectivity index (χ1v) is 12.1. The molecule has 0 N–H and O–H groups in total. The highest BCUT2D eigenvalue weighted by atomic mass is 16.2. The summed E-state index contributed by atoms with van der Waals surface area (Å²) in [5.74, 6) is 1.67. The van der Waals surface area contributed by atoms with Crippen molar-refractivity contribution >= 4 is 23.2 Å². The third-order valence-electron chi connectivity index (χ3n) is 7.29. The molecule has 7 nitrogen and oxygen atoms in total. The number of nitrogens with zero attached hydrogens (tertiary/aromatic N) is 5. The highest BCUT2D eigenvalue weighted by Gasteiger charge is 2.38. The van der Waals surface area contributed by atoms with Crippen LogP contribution >= 0.6 is 0 Å². The van der Waals surface area contributed by atoms with Crippen LogP contribution in [0.15, 0.2) is 24.8 Å². The van der Waals surface area contributed by atoms with Crippen LogP contribution in [0.25, 0.3) is 5.57 Å². The second kappa shape index (κ2) is 8.66. The normalized spacial score (nSPS) is 23.1. The van der Waals surface area contributed by atoms with E-state index in [-0.39, 0.29) is 23.8 Å². The highest BCUT2D eigenvalue weighted by molar-refractivity contribution is 5.88. The van der Waals surface area contributed by atoms with Gasteiger partial charge in [0.05, 0.1) is 11.3 Å². The molecule has 0 bridgehead atoms. The zero-order chi connectivity index (χ0) is 23.1. The molecule has 0 aromatic carbocycles. The molecule has 1 saturated heterocycles. The number of pyridine rings is 1. The van der Waals surface area contributed by atoms with E-state index >= 15 is 0 Å². The van der Waals surface area contributed by atoms with Gasteiger partial charge in [-0.15, -0.1) is 0 Å². The summed E-state index contributed by atoms with van der Waals surface area (Å²) in [4.78, 5) is 35.6. The first-order chi connectivity index (χ1) is 16.0. The smallest absolute Gasteiger partial charge is 0.246 e. The molecule has 2 aliphatic carbocycles. The molecule has 3 fully saturated rings. The van der Waals surface area contributed by atoms with Crippen molar-refractivity contribution in [3.8, 4) is 6.07 Å². The maximum atomic E-state index is 12.6. The largest absolute Gasteiger partial charge is 0.352 e. The summed E-state index contributed by atoms with van der Waals surface area (Å²) in [6, 6.07) is 4.51. The number of carbonyl (C=O) groups is 2. The Labute approximate surface area is 195 Å². The van der Waals surface area contributed by atoms with Gasteiger partial charge in [0.25, 0.3) is 0 Å². The number of rotatable bonds is 5. The Morgan fingerprint density at radius 3 is 2.58 bits per heavy atom. The van der Waals surface area contributed by atoms with Gasteiger partial charge < -0.3 is 14.7 Å². The van der Waals surface area contributed by atoms with Gasteiger partial charge in [-0.2, -0.15) is 5.26 Å². The minimum Gasteiger partial charge on any atom is -0.352 e. The molecule has 33 heavy (non-hydrogen) atoms. The quantitative estimate of drug-likeness (QED) is 0.651. The van der Waals surface area contributed by atoms with Gasteiger partial charge in [-0.25, -0.2) is 4.98 Å². The molecule has 2 aliphatic heterocycles. The molecule has 0 radical (unpaired) electrons. The molecule has 2 saturated carbocycles. The summed E-state index contributed by atoms with van der Waals surface area (Å²) < 4.78 is 0. The van der Waals surface area contributed by atoms with Crippen molar-refractivity contribution in [1.82, 2.24) is 14.8 Å². The van der Waals surface area contributed by atoms with Crippen LogP contribution in [0.3, 0.4) is 0 Å². The Balaban J connectivity index is 1.41. The molecule has 7 heteroatoms. The highest BCUT2D eigenvalue weighted by Crippen LogP contribution is 2.44. The van der Waals surface area contributed by atoms with Crippen molar-refractivity contribution in [1.29, 1.82) is 5.26 Å². The lowest BCUT2D eigenvalue weighted by atomic mass is 9.94. The van der Waals surface area contributed by atoms with E-state index in [0.717, 1.165) is 49.2 Å². The zero-order valence-corrected chi connectivity index (χ0v) is 19.3. The van der Waals surface area contributed by atoms with Gasteiger partial charge in [0.1, 0.15) is 11.9 Å². The number of amides is 2. The molecule has 3 heterocycles. The molecule has 1 aromatic heterocycles. The molecule has 172 valence electrons. The van der Waals surface area contributed by atoms with Gasteiger partial charge in [-0.3, -0.25) is 9.59 Å². The first kappa shape index (κ1) is 21.7. The van der Waals surface area contributed by atoms with E-state index in [1.807, 2.05) is 11.0 Å². The zero-order valence-electron chi connectivity index (χ0n) is 19.3. The standard InChI is InChI=1S/C26H31N5O2/c1-3-23(32)29-10-8-18(9-11-29)22-14-21(15-27)25(28-24(22)19-4-5-19)30-12-13-31(17(2)16-30)26(33)20-6-7-20/h3,8,14,17,19-20H,1,4-7,9-13,16H2,2H3/t17-/m1/s1. The average Bonchev–Trinajstić information content (AvgIpc) is 3.75. The fraction of sp³-hybridized carbons (Fsp3) is 0.538. The summed E-state index contributed by atoms with van der Waals surface area (Å²) in [7, 11) is 0. The maximum Gasteiger partial charge on any atom is 0.246 e. The number of piperazine rings is 1. The number of anilines is 1. The Kier molecular flexibility index (Phi) is 5.69. The number of aromatic nitrogens is 1. The van der Waals surface area contributed by atoms with E-state index in [1.165, 1.54) is 11.6 Å². The van der Waals surface area contributed by atoms with Crippen LogP contribution < -0.4 is 4.90 Å². The van der Waals surface area contributed by atoms with Gasteiger partial charge in [-0.05, 0) is 56.7 Å². The Morgan fingerprint density at radius 1 is 1.21 bits per heavy atom. The Bertz CT molecular complexity index is 1060. The lowest BCUT2D eigenvalue weighted by Gasteiger charge is -2.41. The van der Waals surface area contributed by atoms with E-state index in [0.29, 0.717) is 44.2 Å². The summed E-state index contributed by atoms with van der Waals surface area (Å²) in [5, 5.41) is 9.99. The fourth-order valence-corrected chi connectivity index (χ4v) is 5.05. The maximum absolute atomic E-state index is 12.6. The number of carbonyl (C=O) groups excluding carboxylic acids is 2. The third-order valence-corrected chi connectivity index (χ3v) is 7.29. The van der Waals surface area contributed by atoms with Crippen molar-refractivity contribution in [3.05, 3.63) is 41.6 Å². The lowest BCUT2D eigenvalue weighted by Crippen LogP contribution is -2.55. The van der Waals surface area contributed by atoms with Crippen LogP contribution in [-0.2, 0) is 9.59 Å². The van der Waals surface area contributed by atoms with Gasteiger partial charge in [-0.1, -0.05) is 12.7 Å². The number of hydrogen-bond acceptors (Lipinski definition) is 5. The summed E-state index contributed by atoms with van der Waals surface area (Å²) >= 11 is 0. The predicted molar refractivity (Wildman–Crippen MR) is 126 cm³/mol. The monoisotopic (exact) mass is 445 g/mol. The van der Waals surface area contributed by atoms with Crippen molar-refractivity contribution in [3.63, 3.8) is 0 Å². The molecule has 1 aromatic rings. The first-order valence-electron chi connectivity index (χ1n) is 12.1. The van der Waals surface area contributed by atoms with Crippen LogP contribution in [0.2, 0.25) is 0 Å². The summed E-state index contributed by atoms with van der Waals surface area (Å²) in [6.45, 7) is 8.97. The van der Waals surface area contributed by atoms with Crippen molar-refractivity contribution in [2.24, 2.45) is 5.92 Å². The second-order valence-corrected chi connectivity index (χ2v) is 9.75. The van der Waals surface area contributed by atoms with Gasteiger partial charge in [0.15, 0.2) is 0 Å². The Hall–Kier alpha value is -3.14. The van der Waals surface area contributed by atoms with Crippen molar-refractivity contribution < 1.29 is 9.59 Å². The Morgan fingerprint density at radius 2 is 2.00 bits per heavy atom. The molecule has 2 amide bonds. The second-order valence-electron chi connectivity index (χ2n) is 9.75. The molecule has 0 spiro atoms.